The summed E-state index contributed by atoms with van der Waals surface area (Å²) in [7, 11) is 0. The largest absolute Gasteiger partial charge is 0.460 e. The van der Waals surface area contributed by atoms with Crippen molar-refractivity contribution in [3.63, 3.8) is 0 Å². The molecule has 5 heteroatoms. The summed E-state index contributed by atoms with van der Waals surface area (Å²) in [5.41, 5.74) is 0. The van der Waals surface area contributed by atoms with E-state index in [0.717, 1.165) is 12.2 Å². The van der Waals surface area contributed by atoms with Crippen molar-refractivity contribution in [2.24, 2.45) is 0 Å². The molecule has 0 atom stereocenters. The average molecular weight is 228 g/mol. The Morgan fingerprint density at radius 3 is 2.38 bits per heavy atom. The molecule has 0 radical (unpaired) electrons. The van der Waals surface area contributed by atoms with E-state index in [9.17, 15) is 9.59 Å². The summed E-state index contributed by atoms with van der Waals surface area (Å²) >= 11 is 0. The fourth-order valence-corrected chi connectivity index (χ4v) is 0.729. The zero-order chi connectivity index (χ0) is 12.4. The molecule has 0 aromatic rings. The lowest BCUT2D eigenvalue weighted by molar-refractivity contribution is -0.142. The number of carbonyl (C=O) groups is 2. The van der Waals surface area contributed by atoms with E-state index < -0.39 is 11.9 Å². The van der Waals surface area contributed by atoms with Crippen molar-refractivity contribution in [3.8, 4) is 0 Å². The average Bonchev–Trinajstić information content (AvgIpc) is 2.20. The van der Waals surface area contributed by atoms with Crippen LogP contribution in [0.1, 0.15) is 13.8 Å². The van der Waals surface area contributed by atoms with Crippen molar-refractivity contribution in [1.82, 2.24) is 0 Å². The van der Waals surface area contributed by atoms with Crippen LogP contribution in [0.2, 0.25) is 0 Å². The molecule has 0 heterocycles. The molecule has 16 heavy (non-hydrogen) atoms. The van der Waals surface area contributed by atoms with E-state index in [4.69, 9.17) is 9.84 Å². The summed E-state index contributed by atoms with van der Waals surface area (Å²) in [6, 6.07) is 0. The predicted octanol–water partition coefficient (Wildman–Crippen LogP) is 0.586. The summed E-state index contributed by atoms with van der Waals surface area (Å²) in [4.78, 5) is 22.0. The number of ether oxygens (including phenoxy) is 2. The minimum atomic E-state index is -0.636. The van der Waals surface area contributed by atoms with Gasteiger partial charge in [-0.1, -0.05) is 6.08 Å². The Morgan fingerprint density at radius 2 is 1.81 bits per heavy atom. The van der Waals surface area contributed by atoms with Gasteiger partial charge in [-0.05, 0) is 19.9 Å². The molecule has 0 saturated heterocycles. The lowest BCUT2D eigenvalue weighted by atomic mass is 10.4. The van der Waals surface area contributed by atoms with Gasteiger partial charge in [0.1, 0.15) is 6.61 Å². The first-order chi connectivity index (χ1) is 7.56. The lowest BCUT2D eigenvalue weighted by Gasteiger charge is -2.03. The molecule has 0 spiro atoms. The van der Waals surface area contributed by atoms with E-state index in [2.05, 4.69) is 4.74 Å². The summed E-state index contributed by atoms with van der Waals surface area (Å²) in [6.07, 6.45) is 4.73. The Kier molecular flexibility index (Phi) is 7.79. The van der Waals surface area contributed by atoms with Gasteiger partial charge in [0, 0.05) is 12.2 Å². The number of carbonyl (C=O) groups excluding carboxylic acids is 2. The molecule has 90 valence electrons. The summed E-state index contributed by atoms with van der Waals surface area (Å²) in [6.45, 7) is 3.38. The summed E-state index contributed by atoms with van der Waals surface area (Å²) < 4.78 is 9.43. The highest BCUT2D eigenvalue weighted by atomic mass is 16.5. The maximum Gasteiger partial charge on any atom is 0.331 e. The predicted molar refractivity (Wildman–Crippen MR) is 57.6 cm³/mol. The molecular formula is C11H16O5. The quantitative estimate of drug-likeness (QED) is 0.409. The number of esters is 2. The minimum Gasteiger partial charge on any atom is -0.460 e. The highest BCUT2D eigenvalue weighted by Gasteiger charge is 2.01. The Balaban J connectivity index is 3.82. The van der Waals surface area contributed by atoms with Crippen molar-refractivity contribution < 1.29 is 24.2 Å². The fourth-order valence-electron chi connectivity index (χ4n) is 0.729. The highest BCUT2D eigenvalue weighted by molar-refractivity contribution is 5.91. The van der Waals surface area contributed by atoms with Crippen LogP contribution in [0.3, 0.4) is 0 Å². The van der Waals surface area contributed by atoms with Crippen LogP contribution in [0.5, 0.6) is 0 Å². The Morgan fingerprint density at radius 1 is 1.19 bits per heavy atom. The van der Waals surface area contributed by atoms with Crippen LogP contribution in [0.4, 0.5) is 0 Å². The Hall–Kier alpha value is -1.62. The van der Waals surface area contributed by atoms with Gasteiger partial charge >= 0.3 is 11.9 Å². The number of rotatable bonds is 6. The van der Waals surface area contributed by atoms with E-state index in [1.54, 1.807) is 13.8 Å². The molecule has 0 rings (SSSR count). The second kappa shape index (κ2) is 8.67. The van der Waals surface area contributed by atoms with Gasteiger partial charge in [0.15, 0.2) is 0 Å². The first-order valence-electron chi connectivity index (χ1n) is 4.87. The normalized spacial score (nSPS) is 11.2. The van der Waals surface area contributed by atoms with Gasteiger partial charge in [0.05, 0.1) is 12.7 Å². The number of aliphatic hydroxyl groups is 1. The third-order valence-electron chi connectivity index (χ3n) is 1.30. The SMILES string of the molecule is CC(C)OC(=O)C=CC(=O)OCC=CCO. The van der Waals surface area contributed by atoms with Crippen LogP contribution in [-0.2, 0) is 19.1 Å². The smallest absolute Gasteiger partial charge is 0.331 e. The second-order valence-electron chi connectivity index (χ2n) is 3.10. The van der Waals surface area contributed by atoms with Crippen molar-refractivity contribution in [2.75, 3.05) is 13.2 Å². The van der Waals surface area contributed by atoms with Crippen LogP contribution in [0.25, 0.3) is 0 Å². The van der Waals surface area contributed by atoms with Gasteiger partial charge in [-0.2, -0.15) is 0 Å². The third-order valence-corrected chi connectivity index (χ3v) is 1.30. The fraction of sp³-hybridized carbons (Fsp3) is 0.455. The molecule has 1 N–H and O–H groups in total. The maximum atomic E-state index is 11.0. The van der Waals surface area contributed by atoms with Gasteiger partial charge in [-0.15, -0.1) is 0 Å². The van der Waals surface area contributed by atoms with Crippen LogP contribution in [-0.4, -0.2) is 36.4 Å². The maximum absolute atomic E-state index is 11.0. The lowest BCUT2D eigenvalue weighted by Crippen LogP contribution is -2.09. The van der Waals surface area contributed by atoms with E-state index in [0.29, 0.717) is 0 Å². The van der Waals surface area contributed by atoms with Gasteiger partial charge < -0.3 is 14.6 Å². The van der Waals surface area contributed by atoms with E-state index in [1.807, 2.05) is 0 Å². The third kappa shape index (κ3) is 8.96. The molecule has 5 nitrogen and oxygen atoms in total. The van der Waals surface area contributed by atoms with E-state index >= 15 is 0 Å². The summed E-state index contributed by atoms with van der Waals surface area (Å²) in [5, 5.41) is 8.39. The Bertz CT molecular complexity index is 278. The minimum absolute atomic E-state index is 0.0585. The number of hydrogen-bond donors (Lipinski definition) is 1. The standard InChI is InChI=1S/C11H16O5/c1-9(2)16-11(14)6-5-10(13)15-8-4-3-7-12/h3-6,9,12H,7-8H2,1-2H3. The van der Waals surface area contributed by atoms with Gasteiger partial charge in [-0.3, -0.25) is 0 Å². The van der Waals surface area contributed by atoms with Crippen molar-refractivity contribution in [1.29, 1.82) is 0 Å². The number of hydrogen-bond acceptors (Lipinski definition) is 5. The van der Waals surface area contributed by atoms with Crippen LogP contribution < -0.4 is 0 Å². The molecule has 0 aromatic carbocycles. The van der Waals surface area contributed by atoms with Gasteiger partial charge in [0.25, 0.3) is 0 Å². The second-order valence-corrected chi connectivity index (χ2v) is 3.10. The van der Waals surface area contributed by atoms with Gasteiger partial charge in [-0.25, -0.2) is 9.59 Å². The highest BCUT2D eigenvalue weighted by Crippen LogP contribution is 1.91. The molecule has 0 unspecified atom stereocenters. The van der Waals surface area contributed by atoms with Crippen LogP contribution in [0.15, 0.2) is 24.3 Å². The van der Waals surface area contributed by atoms with E-state index in [1.165, 1.54) is 12.2 Å². The summed E-state index contributed by atoms with van der Waals surface area (Å²) in [5.74, 6) is -1.22. The molecule has 0 amide bonds. The monoisotopic (exact) mass is 228 g/mol. The number of aliphatic hydroxyl groups excluding tert-OH is 1. The molecule has 0 aromatic heterocycles. The Labute approximate surface area is 94.4 Å². The molecule has 0 fully saturated rings. The molecule has 0 bridgehead atoms. The first-order valence-corrected chi connectivity index (χ1v) is 4.87. The zero-order valence-corrected chi connectivity index (χ0v) is 9.38. The topological polar surface area (TPSA) is 72.8 Å². The first kappa shape index (κ1) is 14.4. The van der Waals surface area contributed by atoms with E-state index in [-0.39, 0.29) is 19.3 Å². The van der Waals surface area contributed by atoms with Crippen molar-refractivity contribution in [3.05, 3.63) is 24.3 Å². The van der Waals surface area contributed by atoms with Crippen LogP contribution in [0, 0.1) is 0 Å². The van der Waals surface area contributed by atoms with Crippen molar-refractivity contribution in [2.45, 2.75) is 20.0 Å². The zero-order valence-electron chi connectivity index (χ0n) is 9.38. The molecule has 0 aliphatic carbocycles. The molecular weight excluding hydrogens is 212 g/mol. The van der Waals surface area contributed by atoms with Crippen molar-refractivity contribution >= 4 is 11.9 Å². The molecule has 0 aliphatic heterocycles. The van der Waals surface area contributed by atoms with Gasteiger partial charge in [0.2, 0.25) is 0 Å². The molecule has 0 aliphatic rings. The molecule has 0 saturated carbocycles. The van der Waals surface area contributed by atoms with Crippen LogP contribution >= 0.6 is 0 Å².